The average molecular weight is 391 g/mol. The van der Waals surface area contributed by atoms with Gasteiger partial charge in [0.1, 0.15) is 0 Å². The molecule has 142 valence electrons. The van der Waals surface area contributed by atoms with Crippen molar-refractivity contribution < 1.29 is 14.3 Å². The molecule has 1 aliphatic carbocycles. The zero-order chi connectivity index (χ0) is 17.7. The van der Waals surface area contributed by atoms with E-state index >= 15 is 0 Å². The molecule has 0 heterocycles. The summed E-state index contributed by atoms with van der Waals surface area (Å²) in [4.78, 5) is 12.7. The Labute approximate surface area is 161 Å². The molecule has 0 spiro atoms. The van der Waals surface area contributed by atoms with Crippen LogP contribution < -0.4 is 20.5 Å². The number of amides is 1. The van der Waals surface area contributed by atoms with Crippen molar-refractivity contribution in [2.75, 3.05) is 19.8 Å². The quantitative estimate of drug-likeness (QED) is 0.672. The summed E-state index contributed by atoms with van der Waals surface area (Å²) in [7, 11) is 0. The molecule has 0 aromatic heterocycles. The van der Waals surface area contributed by atoms with Crippen molar-refractivity contribution in [1.82, 2.24) is 5.32 Å². The molecule has 1 aromatic carbocycles. The van der Waals surface area contributed by atoms with Gasteiger partial charge in [-0.25, -0.2) is 0 Å². The second-order valence-electron chi connectivity index (χ2n) is 6.42. The molecule has 0 saturated heterocycles. The first-order valence-electron chi connectivity index (χ1n) is 8.56. The third-order valence-corrected chi connectivity index (χ3v) is 4.60. The maximum absolute atomic E-state index is 12.7. The van der Waals surface area contributed by atoms with Crippen LogP contribution in [0.25, 0.3) is 0 Å². The van der Waals surface area contributed by atoms with Gasteiger partial charge in [0.05, 0.1) is 23.8 Å². The summed E-state index contributed by atoms with van der Waals surface area (Å²) < 4.78 is 11.3. The Morgan fingerprint density at radius 1 is 1.36 bits per heavy atom. The number of benzene rings is 1. The molecule has 1 atom stereocenters. The normalized spacial score (nSPS) is 15.7. The van der Waals surface area contributed by atoms with Crippen molar-refractivity contribution in [1.29, 1.82) is 0 Å². The minimum absolute atomic E-state index is 0. The van der Waals surface area contributed by atoms with Gasteiger partial charge in [0.2, 0.25) is 0 Å². The SMILES string of the molecule is CCCOc1c(Cl)cc(C(=O)NC(C)(CN)C2CC2)cc1OCC.Cl. The molecule has 0 aliphatic heterocycles. The van der Waals surface area contributed by atoms with Gasteiger partial charge in [0.15, 0.2) is 11.5 Å². The Hall–Kier alpha value is -1.17. The van der Waals surface area contributed by atoms with Crippen LogP contribution in [0.5, 0.6) is 11.5 Å². The Morgan fingerprint density at radius 3 is 2.56 bits per heavy atom. The first-order chi connectivity index (χ1) is 11.4. The van der Waals surface area contributed by atoms with E-state index in [0.717, 1.165) is 19.3 Å². The van der Waals surface area contributed by atoms with Crippen molar-refractivity contribution in [3.63, 3.8) is 0 Å². The Bertz CT molecular complexity index is 594. The Kier molecular flexibility index (Phi) is 8.32. The van der Waals surface area contributed by atoms with Gasteiger partial charge in [-0.3, -0.25) is 4.79 Å². The standard InChI is InChI=1S/C18H27ClN2O3.ClH/c1-4-8-24-16-14(19)9-12(10-15(16)23-5-2)17(22)21-18(3,11-20)13-6-7-13;/h9-10,13H,4-8,11,20H2,1-3H3,(H,21,22);1H. The predicted molar refractivity (Wildman–Crippen MR) is 103 cm³/mol. The highest BCUT2D eigenvalue weighted by molar-refractivity contribution is 6.32. The second-order valence-corrected chi connectivity index (χ2v) is 6.82. The summed E-state index contributed by atoms with van der Waals surface area (Å²) in [5.74, 6) is 1.23. The number of carbonyl (C=O) groups excluding carboxylic acids is 1. The minimum atomic E-state index is -0.382. The molecule has 1 aliphatic rings. The number of nitrogens with one attached hydrogen (secondary N) is 1. The first-order valence-corrected chi connectivity index (χ1v) is 8.94. The van der Waals surface area contributed by atoms with Gasteiger partial charge in [-0.05, 0) is 51.2 Å². The van der Waals surface area contributed by atoms with Crippen molar-refractivity contribution in [2.24, 2.45) is 11.7 Å². The summed E-state index contributed by atoms with van der Waals surface area (Å²) in [6.07, 6.45) is 3.06. The highest BCUT2D eigenvalue weighted by atomic mass is 35.5. The molecule has 7 heteroatoms. The van der Waals surface area contributed by atoms with E-state index in [9.17, 15) is 4.79 Å². The summed E-state index contributed by atoms with van der Waals surface area (Å²) in [5, 5.41) is 3.44. The molecule has 1 saturated carbocycles. The van der Waals surface area contributed by atoms with Gasteiger partial charge in [-0.15, -0.1) is 12.4 Å². The molecule has 1 fully saturated rings. The molecule has 25 heavy (non-hydrogen) atoms. The summed E-state index contributed by atoms with van der Waals surface area (Å²) in [6, 6.07) is 3.30. The van der Waals surface area contributed by atoms with Crippen LogP contribution in [0.4, 0.5) is 0 Å². The number of nitrogens with two attached hydrogens (primary N) is 1. The highest BCUT2D eigenvalue weighted by Crippen LogP contribution is 2.40. The van der Waals surface area contributed by atoms with Crippen LogP contribution in [0.15, 0.2) is 12.1 Å². The van der Waals surface area contributed by atoms with Gasteiger partial charge >= 0.3 is 0 Å². The number of halogens is 2. The van der Waals surface area contributed by atoms with Gasteiger partial charge in [-0.2, -0.15) is 0 Å². The van der Waals surface area contributed by atoms with E-state index in [0.29, 0.717) is 47.8 Å². The smallest absolute Gasteiger partial charge is 0.251 e. The molecule has 1 amide bonds. The van der Waals surface area contributed by atoms with Crippen molar-refractivity contribution in [3.8, 4) is 11.5 Å². The number of hydrogen-bond acceptors (Lipinski definition) is 4. The lowest BCUT2D eigenvalue weighted by Gasteiger charge is -2.29. The van der Waals surface area contributed by atoms with Gasteiger partial charge in [-0.1, -0.05) is 18.5 Å². The summed E-state index contributed by atoms with van der Waals surface area (Å²) in [6.45, 7) is 7.30. The predicted octanol–water partition coefficient (Wildman–Crippen LogP) is 3.81. The molecule has 3 N–H and O–H groups in total. The van der Waals surface area contributed by atoms with Gasteiger partial charge in [0.25, 0.3) is 5.91 Å². The largest absolute Gasteiger partial charge is 0.490 e. The lowest BCUT2D eigenvalue weighted by molar-refractivity contribution is 0.0897. The number of ether oxygens (including phenoxy) is 2. The molecule has 2 rings (SSSR count). The Morgan fingerprint density at radius 2 is 2.04 bits per heavy atom. The molecular weight excluding hydrogens is 363 g/mol. The lowest BCUT2D eigenvalue weighted by atomic mass is 9.95. The average Bonchev–Trinajstić information content (AvgIpc) is 3.39. The van der Waals surface area contributed by atoms with Crippen molar-refractivity contribution in [2.45, 2.75) is 45.6 Å². The number of rotatable bonds is 9. The topological polar surface area (TPSA) is 73.6 Å². The van der Waals surface area contributed by atoms with E-state index < -0.39 is 0 Å². The molecule has 1 unspecified atom stereocenters. The van der Waals surface area contributed by atoms with E-state index in [1.807, 2.05) is 20.8 Å². The fourth-order valence-corrected chi connectivity index (χ4v) is 2.94. The van der Waals surface area contributed by atoms with E-state index in [1.54, 1.807) is 12.1 Å². The molecule has 5 nitrogen and oxygen atoms in total. The van der Waals surface area contributed by atoms with Crippen LogP contribution in [0, 0.1) is 5.92 Å². The summed E-state index contributed by atoms with van der Waals surface area (Å²) in [5.41, 5.74) is 5.94. The van der Waals surface area contributed by atoms with E-state index in [2.05, 4.69) is 5.32 Å². The zero-order valence-corrected chi connectivity index (χ0v) is 16.6. The van der Waals surface area contributed by atoms with Crippen LogP contribution in [-0.2, 0) is 0 Å². The monoisotopic (exact) mass is 390 g/mol. The first kappa shape index (κ1) is 21.9. The number of carbonyl (C=O) groups is 1. The van der Waals surface area contributed by atoms with Crippen LogP contribution in [0.1, 0.15) is 50.4 Å². The molecule has 1 aromatic rings. The van der Waals surface area contributed by atoms with Crippen LogP contribution in [-0.4, -0.2) is 31.2 Å². The third-order valence-electron chi connectivity index (χ3n) is 4.32. The van der Waals surface area contributed by atoms with E-state index in [4.69, 9.17) is 26.8 Å². The van der Waals surface area contributed by atoms with Gasteiger partial charge < -0.3 is 20.5 Å². The fourth-order valence-electron chi connectivity index (χ4n) is 2.68. The van der Waals surface area contributed by atoms with Crippen molar-refractivity contribution in [3.05, 3.63) is 22.7 Å². The lowest BCUT2D eigenvalue weighted by Crippen LogP contribution is -2.53. The van der Waals surface area contributed by atoms with Crippen molar-refractivity contribution >= 4 is 29.9 Å². The maximum Gasteiger partial charge on any atom is 0.251 e. The molecule has 0 radical (unpaired) electrons. The highest BCUT2D eigenvalue weighted by Gasteiger charge is 2.41. The molecule has 0 bridgehead atoms. The third kappa shape index (κ3) is 5.40. The zero-order valence-electron chi connectivity index (χ0n) is 15.1. The van der Waals surface area contributed by atoms with E-state index in [-0.39, 0.29) is 23.9 Å². The number of hydrogen-bond donors (Lipinski definition) is 2. The second kappa shape index (κ2) is 9.51. The minimum Gasteiger partial charge on any atom is -0.490 e. The summed E-state index contributed by atoms with van der Waals surface area (Å²) >= 11 is 6.32. The van der Waals surface area contributed by atoms with Crippen LogP contribution >= 0.6 is 24.0 Å². The maximum atomic E-state index is 12.7. The van der Waals surface area contributed by atoms with Gasteiger partial charge in [0, 0.05) is 12.1 Å². The Balaban J connectivity index is 0.00000312. The van der Waals surface area contributed by atoms with Crippen LogP contribution in [0.3, 0.4) is 0 Å². The molecular formula is C18H28Cl2N2O3. The fraction of sp³-hybridized carbons (Fsp3) is 0.611. The van der Waals surface area contributed by atoms with Crippen LogP contribution in [0.2, 0.25) is 5.02 Å². The van der Waals surface area contributed by atoms with E-state index in [1.165, 1.54) is 0 Å².